The molecule has 0 amide bonds. The molecule has 0 spiro atoms. The van der Waals surface area contributed by atoms with E-state index in [1.165, 1.54) is 32.3 Å². The molecule has 0 fully saturated rings. The highest BCUT2D eigenvalue weighted by atomic mass is 15.2. The first-order valence-corrected chi connectivity index (χ1v) is 13.1. The zero-order valence-corrected chi connectivity index (χ0v) is 21.0. The molecule has 39 heavy (non-hydrogen) atoms. The van der Waals surface area contributed by atoms with E-state index < -0.39 is 0 Å². The molecule has 0 aliphatic heterocycles. The zero-order valence-electron chi connectivity index (χ0n) is 21.0. The monoisotopic (exact) mass is 498 g/mol. The molecule has 0 bridgehead atoms. The molecule has 6 aromatic carbocycles. The van der Waals surface area contributed by atoms with E-state index >= 15 is 0 Å². The van der Waals surface area contributed by atoms with Gasteiger partial charge in [-0.25, -0.2) is 4.98 Å². The maximum atomic E-state index is 5.07. The van der Waals surface area contributed by atoms with Crippen molar-refractivity contribution in [3.63, 3.8) is 0 Å². The van der Waals surface area contributed by atoms with Crippen LogP contribution in [-0.4, -0.2) is 19.5 Å². The SMILES string of the molecule is c1ccc(-c2nc(-c3ccccc3)nc(-n3c4ccc5ccccc5c4c4c5ccccc5ccc43)n2)cc1. The van der Waals surface area contributed by atoms with E-state index in [-0.39, 0.29) is 0 Å². The molecule has 0 unspecified atom stereocenters. The van der Waals surface area contributed by atoms with Gasteiger partial charge >= 0.3 is 0 Å². The van der Waals surface area contributed by atoms with Gasteiger partial charge in [0.25, 0.3) is 0 Å². The maximum Gasteiger partial charge on any atom is 0.238 e. The first-order valence-electron chi connectivity index (χ1n) is 13.1. The third-order valence-electron chi connectivity index (χ3n) is 7.43. The van der Waals surface area contributed by atoms with E-state index in [1.807, 2.05) is 60.7 Å². The molecule has 0 saturated carbocycles. The summed E-state index contributed by atoms with van der Waals surface area (Å²) in [6, 6.07) is 46.2. The van der Waals surface area contributed by atoms with Gasteiger partial charge < -0.3 is 0 Å². The lowest BCUT2D eigenvalue weighted by molar-refractivity contribution is 0.954. The number of hydrogen-bond acceptors (Lipinski definition) is 3. The summed E-state index contributed by atoms with van der Waals surface area (Å²) >= 11 is 0. The van der Waals surface area contributed by atoms with Crippen LogP contribution in [0.3, 0.4) is 0 Å². The van der Waals surface area contributed by atoms with Crippen molar-refractivity contribution in [1.82, 2.24) is 19.5 Å². The van der Waals surface area contributed by atoms with Crippen molar-refractivity contribution < 1.29 is 0 Å². The molecule has 2 aromatic heterocycles. The lowest BCUT2D eigenvalue weighted by atomic mass is 10.00. The molecule has 4 nitrogen and oxygen atoms in total. The summed E-state index contributed by atoms with van der Waals surface area (Å²) in [7, 11) is 0. The predicted molar refractivity (Wildman–Crippen MR) is 160 cm³/mol. The van der Waals surface area contributed by atoms with Gasteiger partial charge in [-0.15, -0.1) is 0 Å². The van der Waals surface area contributed by atoms with Crippen LogP contribution in [0.2, 0.25) is 0 Å². The predicted octanol–water partition coefficient (Wildman–Crippen LogP) is 8.61. The lowest BCUT2D eigenvalue weighted by Gasteiger charge is -2.11. The van der Waals surface area contributed by atoms with Gasteiger partial charge in [-0.2, -0.15) is 9.97 Å². The summed E-state index contributed by atoms with van der Waals surface area (Å²) in [5, 5.41) is 7.28. The van der Waals surface area contributed by atoms with Crippen molar-refractivity contribution in [1.29, 1.82) is 0 Å². The van der Waals surface area contributed by atoms with Gasteiger partial charge in [-0.05, 0) is 33.7 Å². The normalized spacial score (nSPS) is 11.6. The standard InChI is InChI=1S/C35H22N4/c1-3-13-25(14-4-1)33-36-34(26-15-5-2-6-16-26)38-35(37-33)39-29-21-19-23-11-7-9-17-27(23)31(29)32-28-18-10-8-12-24(28)20-22-30(32)39/h1-22H. The fourth-order valence-electron chi connectivity index (χ4n) is 5.66. The van der Waals surface area contributed by atoms with Crippen LogP contribution < -0.4 is 0 Å². The van der Waals surface area contributed by atoms with Crippen molar-refractivity contribution in [2.75, 3.05) is 0 Å². The first-order chi connectivity index (χ1) is 19.3. The van der Waals surface area contributed by atoms with E-state index in [0.29, 0.717) is 17.6 Å². The molecule has 4 heteroatoms. The second-order valence-electron chi connectivity index (χ2n) is 9.71. The summed E-state index contributed by atoms with van der Waals surface area (Å²) < 4.78 is 2.20. The summed E-state index contributed by atoms with van der Waals surface area (Å²) in [6.45, 7) is 0. The zero-order chi connectivity index (χ0) is 25.8. The highest BCUT2D eigenvalue weighted by molar-refractivity contribution is 6.28. The van der Waals surface area contributed by atoms with Crippen molar-refractivity contribution in [3.8, 4) is 28.7 Å². The van der Waals surface area contributed by atoms with Gasteiger partial charge in [-0.3, -0.25) is 4.57 Å². The molecule has 8 rings (SSSR count). The van der Waals surface area contributed by atoms with Crippen LogP contribution in [0.15, 0.2) is 133 Å². The summed E-state index contributed by atoms with van der Waals surface area (Å²) in [6.07, 6.45) is 0. The van der Waals surface area contributed by atoms with Gasteiger partial charge in [0.1, 0.15) is 0 Å². The molecule has 2 heterocycles. The van der Waals surface area contributed by atoms with E-state index in [1.54, 1.807) is 0 Å². The lowest BCUT2D eigenvalue weighted by Crippen LogP contribution is -2.06. The van der Waals surface area contributed by atoms with Crippen molar-refractivity contribution in [3.05, 3.63) is 133 Å². The van der Waals surface area contributed by atoms with Crippen LogP contribution in [0, 0.1) is 0 Å². The highest BCUT2D eigenvalue weighted by Gasteiger charge is 2.20. The van der Waals surface area contributed by atoms with E-state index in [4.69, 9.17) is 15.0 Å². The fourth-order valence-corrected chi connectivity index (χ4v) is 5.66. The number of nitrogens with zero attached hydrogens (tertiary/aromatic N) is 4. The molecule has 0 atom stereocenters. The summed E-state index contributed by atoms with van der Waals surface area (Å²) in [5.41, 5.74) is 4.05. The summed E-state index contributed by atoms with van der Waals surface area (Å²) in [4.78, 5) is 15.1. The second kappa shape index (κ2) is 8.61. The van der Waals surface area contributed by atoms with Crippen LogP contribution >= 0.6 is 0 Å². The van der Waals surface area contributed by atoms with E-state index in [9.17, 15) is 0 Å². The third-order valence-corrected chi connectivity index (χ3v) is 7.43. The Morgan fingerprint density at radius 2 is 0.821 bits per heavy atom. The Labute approximate surface area is 224 Å². The average Bonchev–Trinajstić information content (AvgIpc) is 3.37. The van der Waals surface area contributed by atoms with Crippen molar-refractivity contribution in [2.45, 2.75) is 0 Å². The van der Waals surface area contributed by atoms with Crippen molar-refractivity contribution in [2.24, 2.45) is 0 Å². The Morgan fingerprint density at radius 3 is 1.31 bits per heavy atom. The molecule has 0 aliphatic rings. The van der Waals surface area contributed by atoms with Gasteiger partial charge in [0.05, 0.1) is 11.0 Å². The molecular weight excluding hydrogens is 476 g/mol. The molecule has 8 aromatic rings. The maximum absolute atomic E-state index is 5.07. The Morgan fingerprint density at radius 1 is 0.385 bits per heavy atom. The van der Waals surface area contributed by atoms with E-state index in [0.717, 1.165) is 22.2 Å². The topological polar surface area (TPSA) is 43.6 Å². The summed E-state index contributed by atoms with van der Waals surface area (Å²) in [5.74, 6) is 1.90. The highest BCUT2D eigenvalue weighted by Crippen LogP contribution is 2.40. The smallest absolute Gasteiger partial charge is 0.238 e. The number of benzene rings is 6. The Hall–Kier alpha value is -5.35. The molecule has 0 N–H and O–H groups in total. The Balaban J connectivity index is 1.54. The molecule has 0 aliphatic carbocycles. The largest absolute Gasteiger partial charge is 0.278 e. The van der Waals surface area contributed by atoms with Crippen LogP contribution in [0.5, 0.6) is 0 Å². The Bertz CT molecular complexity index is 2010. The minimum Gasteiger partial charge on any atom is -0.278 e. The minimum absolute atomic E-state index is 0.605. The second-order valence-corrected chi connectivity index (χ2v) is 9.71. The molecule has 182 valence electrons. The third kappa shape index (κ3) is 3.42. The van der Waals surface area contributed by atoms with Crippen LogP contribution in [-0.2, 0) is 0 Å². The molecular formula is C35H22N4. The Kier molecular flexibility index (Phi) is 4.79. The molecule has 0 saturated heterocycles. The van der Waals surface area contributed by atoms with E-state index in [2.05, 4.69) is 77.4 Å². The average molecular weight is 499 g/mol. The van der Waals surface area contributed by atoms with Crippen LogP contribution in [0.1, 0.15) is 0 Å². The van der Waals surface area contributed by atoms with Gasteiger partial charge in [0.2, 0.25) is 5.95 Å². The van der Waals surface area contributed by atoms with Crippen molar-refractivity contribution >= 4 is 43.4 Å². The van der Waals surface area contributed by atoms with Gasteiger partial charge in [0.15, 0.2) is 11.6 Å². The molecule has 0 radical (unpaired) electrons. The number of hydrogen-bond donors (Lipinski definition) is 0. The first kappa shape index (κ1) is 21.7. The van der Waals surface area contributed by atoms with Gasteiger partial charge in [-0.1, -0.05) is 121 Å². The number of rotatable bonds is 3. The minimum atomic E-state index is 0.605. The quantitative estimate of drug-likeness (QED) is 0.245. The van der Waals surface area contributed by atoms with Gasteiger partial charge in [0, 0.05) is 21.9 Å². The van der Waals surface area contributed by atoms with Crippen LogP contribution in [0.25, 0.3) is 72.1 Å². The van der Waals surface area contributed by atoms with Crippen LogP contribution in [0.4, 0.5) is 0 Å². The number of aromatic nitrogens is 4. The fraction of sp³-hybridized carbons (Fsp3) is 0. The number of fused-ring (bicyclic) bond motifs is 7.